The zero-order chi connectivity index (χ0) is 16.2. The average Bonchev–Trinajstić information content (AvgIpc) is 2.56. The van der Waals surface area contributed by atoms with Crippen molar-refractivity contribution < 1.29 is 19.1 Å². The summed E-state index contributed by atoms with van der Waals surface area (Å²) in [7, 11) is 0. The molecule has 0 aliphatic carbocycles. The van der Waals surface area contributed by atoms with Gasteiger partial charge in [-0.05, 0) is 24.3 Å². The number of ether oxygens (including phenoxy) is 2. The zero-order valence-electron chi connectivity index (χ0n) is 12.2. The van der Waals surface area contributed by atoms with Crippen LogP contribution in [0, 0.1) is 0 Å². The molecule has 0 spiro atoms. The Labute approximate surface area is 138 Å². The molecular weight excluding hydrogens is 320 g/mol. The average molecular weight is 338 g/mol. The zero-order valence-corrected chi connectivity index (χ0v) is 13.8. The van der Waals surface area contributed by atoms with Crippen LogP contribution in [0.25, 0.3) is 0 Å². The highest BCUT2D eigenvalue weighted by Crippen LogP contribution is 2.23. The van der Waals surface area contributed by atoms with Crippen LogP contribution in [0.15, 0.2) is 59.4 Å². The molecule has 1 aromatic carbocycles. The fraction of sp³-hybridized carbons (Fsp3) is 0.250. The molecule has 0 saturated heterocycles. The molecule has 0 amide bonds. The highest BCUT2D eigenvalue weighted by Gasteiger charge is 2.00. The molecule has 0 aliphatic rings. The van der Waals surface area contributed by atoms with E-state index in [9.17, 15) is 9.59 Å². The first-order chi connectivity index (χ1) is 10.7. The molecule has 0 N–H and O–H groups in total. The second kappa shape index (κ2) is 11.0. The van der Waals surface area contributed by atoms with Gasteiger partial charge in [0.25, 0.3) is 0 Å². The summed E-state index contributed by atoms with van der Waals surface area (Å²) in [6.07, 6.45) is 2.31. The van der Waals surface area contributed by atoms with Gasteiger partial charge in [-0.25, -0.2) is 9.59 Å². The Morgan fingerprint density at radius 1 is 0.864 bits per heavy atom. The Balaban J connectivity index is 2.22. The minimum Gasteiger partial charge on any atom is -0.462 e. The third-order valence-corrected chi connectivity index (χ3v) is 4.30. The van der Waals surface area contributed by atoms with Crippen LogP contribution in [0.5, 0.6) is 0 Å². The molecule has 6 heteroatoms. The van der Waals surface area contributed by atoms with E-state index in [4.69, 9.17) is 9.47 Å². The molecule has 0 unspecified atom stereocenters. The lowest BCUT2D eigenvalue weighted by Crippen LogP contribution is -2.03. The molecule has 0 atom stereocenters. The van der Waals surface area contributed by atoms with Crippen molar-refractivity contribution in [2.45, 2.75) is 9.79 Å². The van der Waals surface area contributed by atoms with Crippen LogP contribution in [0.1, 0.15) is 0 Å². The molecule has 4 nitrogen and oxygen atoms in total. The van der Waals surface area contributed by atoms with E-state index in [0.717, 1.165) is 21.9 Å². The predicted octanol–water partition coefficient (Wildman–Crippen LogP) is 3.33. The molecule has 0 radical (unpaired) electrons. The van der Waals surface area contributed by atoms with Crippen molar-refractivity contribution in [2.75, 3.05) is 24.7 Å². The summed E-state index contributed by atoms with van der Waals surface area (Å²) in [6, 6.07) is 8.05. The van der Waals surface area contributed by atoms with Gasteiger partial charge in [-0.3, -0.25) is 0 Å². The van der Waals surface area contributed by atoms with Crippen molar-refractivity contribution in [1.82, 2.24) is 0 Å². The second-order valence-corrected chi connectivity index (χ2v) is 6.25. The number of esters is 2. The summed E-state index contributed by atoms with van der Waals surface area (Å²) in [5.41, 5.74) is 0. The SMILES string of the molecule is C=CC(=O)OCCSc1ccc(SCCOC(=O)C=C)cc1. The summed E-state index contributed by atoms with van der Waals surface area (Å²) in [6.45, 7) is 7.40. The smallest absolute Gasteiger partial charge is 0.330 e. The first kappa shape index (κ1) is 18.4. The standard InChI is InChI=1S/C16H18O4S2/c1-3-15(17)19-9-11-21-13-5-7-14(8-6-13)22-12-10-20-16(18)4-2/h3-8H,1-2,9-12H2. The number of rotatable bonds is 10. The molecular formula is C16H18O4S2. The van der Waals surface area contributed by atoms with Gasteiger partial charge < -0.3 is 9.47 Å². The maximum atomic E-state index is 10.9. The normalized spacial score (nSPS) is 9.82. The van der Waals surface area contributed by atoms with E-state index in [1.165, 1.54) is 0 Å². The van der Waals surface area contributed by atoms with E-state index in [1.54, 1.807) is 23.5 Å². The molecule has 118 valence electrons. The van der Waals surface area contributed by atoms with Crippen LogP contribution in [0.2, 0.25) is 0 Å². The molecule has 0 fully saturated rings. The molecule has 22 heavy (non-hydrogen) atoms. The minimum absolute atomic E-state index is 0.362. The van der Waals surface area contributed by atoms with Crippen molar-refractivity contribution in [3.63, 3.8) is 0 Å². The number of hydrogen-bond donors (Lipinski definition) is 0. The number of benzene rings is 1. The van der Waals surface area contributed by atoms with Crippen molar-refractivity contribution in [1.29, 1.82) is 0 Å². The highest BCUT2D eigenvalue weighted by atomic mass is 32.2. The van der Waals surface area contributed by atoms with Crippen LogP contribution < -0.4 is 0 Å². The molecule has 1 rings (SSSR count). The van der Waals surface area contributed by atoms with E-state index >= 15 is 0 Å². The van der Waals surface area contributed by atoms with Gasteiger partial charge in [0.15, 0.2) is 0 Å². The van der Waals surface area contributed by atoms with Crippen LogP contribution in [0.4, 0.5) is 0 Å². The first-order valence-electron chi connectivity index (χ1n) is 6.59. The Bertz CT molecular complexity index is 464. The fourth-order valence-electron chi connectivity index (χ4n) is 1.35. The van der Waals surface area contributed by atoms with Gasteiger partial charge in [0.05, 0.1) is 0 Å². The molecule has 0 aromatic heterocycles. The first-order valence-corrected chi connectivity index (χ1v) is 8.57. The third-order valence-electron chi connectivity index (χ3n) is 2.35. The number of carbonyl (C=O) groups excluding carboxylic acids is 2. The third kappa shape index (κ3) is 7.95. The number of hydrogen-bond acceptors (Lipinski definition) is 6. The van der Waals surface area contributed by atoms with Gasteiger partial charge in [-0.1, -0.05) is 13.2 Å². The maximum Gasteiger partial charge on any atom is 0.330 e. The highest BCUT2D eigenvalue weighted by molar-refractivity contribution is 7.99. The summed E-state index contributed by atoms with van der Waals surface area (Å²) in [5.74, 6) is 0.599. The van der Waals surface area contributed by atoms with Crippen LogP contribution in [-0.4, -0.2) is 36.7 Å². The van der Waals surface area contributed by atoms with Gasteiger partial charge in [0, 0.05) is 33.4 Å². The molecule has 0 bridgehead atoms. The Morgan fingerprint density at radius 3 is 1.55 bits per heavy atom. The Morgan fingerprint density at radius 2 is 1.23 bits per heavy atom. The quantitative estimate of drug-likeness (QED) is 0.282. The predicted molar refractivity (Wildman–Crippen MR) is 90.2 cm³/mol. The lowest BCUT2D eigenvalue weighted by molar-refractivity contribution is -0.138. The second-order valence-electron chi connectivity index (χ2n) is 3.91. The van der Waals surface area contributed by atoms with Gasteiger partial charge in [0.1, 0.15) is 13.2 Å². The summed E-state index contributed by atoms with van der Waals surface area (Å²) >= 11 is 3.23. The van der Waals surface area contributed by atoms with Gasteiger partial charge >= 0.3 is 11.9 Å². The topological polar surface area (TPSA) is 52.6 Å². The van der Waals surface area contributed by atoms with Crippen LogP contribution in [-0.2, 0) is 19.1 Å². The molecule has 1 aromatic rings. The minimum atomic E-state index is -0.399. The van der Waals surface area contributed by atoms with Gasteiger partial charge in [-0.2, -0.15) is 0 Å². The molecule has 0 saturated carbocycles. The van der Waals surface area contributed by atoms with Crippen molar-refractivity contribution in [3.8, 4) is 0 Å². The van der Waals surface area contributed by atoms with Crippen molar-refractivity contribution in [3.05, 3.63) is 49.6 Å². The van der Waals surface area contributed by atoms with E-state index in [1.807, 2.05) is 24.3 Å². The van der Waals surface area contributed by atoms with E-state index in [0.29, 0.717) is 24.7 Å². The summed E-state index contributed by atoms with van der Waals surface area (Å²) in [5, 5.41) is 0. The largest absolute Gasteiger partial charge is 0.462 e. The van der Waals surface area contributed by atoms with Gasteiger partial charge in [0.2, 0.25) is 0 Å². The number of thioether (sulfide) groups is 2. The van der Waals surface area contributed by atoms with Crippen molar-refractivity contribution >= 4 is 35.5 Å². The number of carbonyl (C=O) groups is 2. The van der Waals surface area contributed by atoms with Gasteiger partial charge in [-0.15, -0.1) is 23.5 Å². The Hall–Kier alpha value is -1.66. The van der Waals surface area contributed by atoms with E-state index < -0.39 is 11.9 Å². The summed E-state index contributed by atoms with van der Waals surface area (Å²) in [4.78, 5) is 23.9. The van der Waals surface area contributed by atoms with Crippen molar-refractivity contribution in [2.24, 2.45) is 0 Å². The lowest BCUT2D eigenvalue weighted by Gasteiger charge is -2.05. The fourth-order valence-corrected chi connectivity index (χ4v) is 2.82. The van der Waals surface area contributed by atoms with E-state index in [2.05, 4.69) is 13.2 Å². The Kier molecular flexibility index (Phi) is 9.18. The van der Waals surface area contributed by atoms with Crippen LogP contribution >= 0.6 is 23.5 Å². The summed E-state index contributed by atoms with van der Waals surface area (Å²) < 4.78 is 9.80. The van der Waals surface area contributed by atoms with E-state index in [-0.39, 0.29) is 0 Å². The van der Waals surface area contributed by atoms with Crippen LogP contribution in [0.3, 0.4) is 0 Å². The lowest BCUT2D eigenvalue weighted by atomic mass is 10.4. The monoisotopic (exact) mass is 338 g/mol. The molecule has 0 aliphatic heterocycles. The molecule has 0 heterocycles. The maximum absolute atomic E-state index is 10.9.